The molecule has 2 amide bonds. The first-order valence-corrected chi connectivity index (χ1v) is 10.6. The molecular formula is C21H24N2O4S. The first-order valence-electron chi connectivity index (χ1n) is 9.05. The summed E-state index contributed by atoms with van der Waals surface area (Å²) >= 11 is 0. The number of sulfone groups is 1. The Morgan fingerprint density at radius 1 is 1.11 bits per heavy atom. The number of amides is 2. The maximum absolute atomic E-state index is 12.9. The Labute approximate surface area is 165 Å². The number of nitrogens with one attached hydrogen (secondary N) is 2. The van der Waals surface area contributed by atoms with Crippen LogP contribution < -0.4 is 10.6 Å². The molecule has 0 radical (unpaired) electrons. The smallest absolute Gasteiger partial charge is 0.243 e. The van der Waals surface area contributed by atoms with E-state index in [9.17, 15) is 18.0 Å². The predicted molar refractivity (Wildman–Crippen MR) is 109 cm³/mol. The zero-order valence-electron chi connectivity index (χ0n) is 16.4. The normalized spacial score (nSPS) is 18.1. The van der Waals surface area contributed by atoms with E-state index in [1.165, 1.54) is 12.1 Å². The molecule has 0 bridgehead atoms. The Hall–Kier alpha value is -2.67. The lowest BCUT2D eigenvalue weighted by molar-refractivity contribution is -0.121. The summed E-state index contributed by atoms with van der Waals surface area (Å²) < 4.78 is 25.7. The molecule has 0 aliphatic carbocycles. The fourth-order valence-corrected chi connectivity index (χ4v) is 5.06. The molecule has 0 saturated carbocycles. The van der Waals surface area contributed by atoms with Crippen molar-refractivity contribution in [2.45, 2.75) is 49.7 Å². The second-order valence-electron chi connectivity index (χ2n) is 8.02. The lowest BCUT2D eigenvalue weighted by Crippen LogP contribution is -2.42. The van der Waals surface area contributed by atoms with Crippen LogP contribution in [0.2, 0.25) is 0 Å². The minimum absolute atomic E-state index is 0.0404. The Morgan fingerprint density at radius 3 is 2.46 bits per heavy atom. The largest absolute Gasteiger partial charge is 0.326 e. The molecule has 1 aliphatic heterocycles. The van der Waals surface area contributed by atoms with Crippen molar-refractivity contribution in [2.75, 3.05) is 10.6 Å². The number of aryl methyl sites for hydroxylation is 1. The molecule has 3 rings (SSSR count). The van der Waals surface area contributed by atoms with Gasteiger partial charge < -0.3 is 10.6 Å². The zero-order valence-corrected chi connectivity index (χ0v) is 17.2. The maximum atomic E-state index is 12.9. The van der Waals surface area contributed by atoms with Crippen LogP contribution in [0.1, 0.15) is 38.3 Å². The molecular weight excluding hydrogens is 376 g/mol. The van der Waals surface area contributed by atoms with Gasteiger partial charge in [-0.15, -0.1) is 0 Å². The highest BCUT2D eigenvalue weighted by Crippen LogP contribution is 2.34. The van der Waals surface area contributed by atoms with Gasteiger partial charge in [0, 0.05) is 5.69 Å². The highest BCUT2D eigenvalue weighted by molar-refractivity contribution is 7.93. The molecule has 0 spiro atoms. The van der Waals surface area contributed by atoms with Crippen LogP contribution in [0.4, 0.5) is 11.4 Å². The molecule has 7 heteroatoms. The molecule has 1 heterocycles. The van der Waals surface area contributed by atoms with Crippen LogP contribution in [-0.2, 0) is 24.8 Å². The third kappa shape index (κ3) is 3.67. The van der Waals surface area contributed by atoms with Gasteiger partial charge in [0.05, 0.1) is 17.0 Å². The Bertz CT molecular complexity index is 1050. The topological polar surface area (TPSA) is 92.3 Å². The van der Waals surface area contributed by atoms with Gasteiger partial charge in [0.15, 0.2) is 15.1 Å². The summed E-state index contributed by atoms with van der Waals surface area (Å²) in [5, 5.41) is 3.96. The lowest BCUT2D eigenvalue weighted by Gasteiger charge is -2.26. The molecule has 0 unspecified atom stereocenters. The molecule has 0 saturated heterocycles. The van der Waals surface area contributed by atoms with E-state index >= 15 is 0 Å². The fraction of sp³-hybridized carbons (Fsp3) is 0.333. The van der Waals surface area contributed by atoms with E-state index in [4.69, 9.17) is 0 Å². The number of para-hydroxylation sites is 2. The number of anilines is 2. The predicted octanol–water partition coefficient (Wildman–Crippen LogP) is 3.42. The number of benzene rings is 2. The summed E-state index contributed by atoms with van der Waals surface area (Å²) in [5.41, 5.74) is 2.53. The van der Waals surface area contributed by atoms with Gasteiger partial charge in [-0.2, -0.15) is 0 Å². The van der Waals surface area contributed by atoms with Gasteiger partial charge in [0.1, 0.15) is 0 Å². The van der Waals surface area contributed by atoms with Crippen LogP contribution in [0, 0.1) is 6.92 Å². The molecule has 2 N–H and O–H groups in total. The SMILES string of the molecule is Cc1cccc(C(C)(C)C)c1NC(=O)C[C@H]1C(=O)Nc2ccccc2S1(=O)=O. The van der Waals surface area contributed by atoms with Crippen molar-refractivity contribution < 1.29 is 18.0 Å². The van der Waals surface area contributed by atoms with Gasteiger partial charge in [0.2, 0.25) is 11.8 Å². The van der Waals surface area contributed by atoms with E-state index < -0.39 is 33.3 Å². The standard InChI is InChI=1S/C21H24N2O4S/c1-13-8-7-9-14(21(2,3)4)19(13)23-18(24)12-17-20(25)22-15-10-5-6-11-16(15)28(17,26)27/h5-11,17H,12H2,1-4H3,(H,22,25)(H,23,24)/t17-/m0/s1. The second-order valence-corrected chi connectivity index (χ2v) is 10.1. The van der Waals surface area contributed by atoms with Crippen LogP contribution in [0.5, 0.6) is 0 Å². The number of carbonyl (C=O) groups excluding carboxylic acids is 2. The minimum Gasteiger partial charge on any atom is -0.326 e. The number of hydrogen-bond acceptors (Lipinski definition) is 4. The fourth-order valence-electron chi connectivity index (χ4n) is 3.35. The molecule has 2 aromatic rings. The zero-order chi connectivity index (χ0) is 20.7. The van der Waals surface area contributed by atoms with Gasteiger partial charge in [-0.25, -0.2) is 8.42 Å². The van der Waals surface area contributed by atoms with Gasteiger partial charge in [-0.05, 0) is 35.6 Å². The van der Waals surface area contributed by atoms with Crippen molar-refractivity contribution in [3.05, 3.63) is 53.6 Å². The summed E-state index contributed by atoms with van der Waals surface area (Å²) in [7, 11) is -3.94. The highest BCUT2D eigenvalue weighted by atomic mass is 32.2. The van der Waals surface area contributed by atoms with Crippen LogP contribution in [-0.4, -0.2) is 25.5 Å². The molecule has 0 fully saturated rings. The van der Waals surface area contributed by atoms with Crippen molar-refractivity contribution >= 4 is 33.0 Å². The van der Waals surface area contributed by atoms with Gasteiger partial charge >= 0.3 is 0 Å². The third-order valence-electron chi connectivity index (χ3n) is 4.83. The van der Waals surface area contributed by atoms with Crippen LogP contribution in [0.3, 0.4) is 0 Å². The number of hydrogen-bond donors (Lipinski definition) is 2. The first kappa shape index (κ1) is 20.1. The third-order valence-corrected chi connectivity index (χ3v) is 6.93. The minimum atomic E-state index is -3.94. The molecule has 2 aromatic carbocycles. The van der Waals surface area contributed by atoms with Crippen molar-refractivity contribution in [3.63, 3.8) is 0 Å². The summed E-state index contributed by atoms with van der Waals surface area (Å²) in [4.78, 5) is 25.1. The summed E-state index contributed by atoms with van der Waals surface area (Å²) in [6, 6.07) is 11.9. The van der Waals surface area contributed by atoms with Crippen molar-refractivity contribution in [1.29, 1.82) is 0 Å². The second kappa shape index (κ2) is 7.05. The Kier molecular flexibility index (Phi) is 5.06. The number of rotatable bonds is 3. The van der Waals surface area contributed by atoms with Crippen molar-refractivity contribution in [1.82, 2.24) is 0 Å². The summed E-state index contributed by atoms with van der Waals surface area (Å²) in [5.74, 6) is -1.20. The molecule has 6 nitrogen and oxygen atoms in total. The maximum Gasteiger partial charge on any atom is 0.243 e. The Morgan fingerprint density at radius 2 is 1.79 bits per heavy atom. The van der Waals surface area contributed by atoms with E-state index in [0.29, 0.717) is 5.69 Å². The highest BCUT2D eigenvalue weighted by Gasteiger charge is 2.41. The average Bonchev–Trinajstić information content (AvgIpc) is 2.59. The first-order chi connectivity index (χ1) is 13.0. The lowest BCUT2D eigenvalue weighted by atomic mass is 9.84. The molecule has 0 aromatic heterocycles. The van der Waals surface area contributed by atoms with Gasteiger partial charge in [-0.1, -0.05) is 51.1 Å². The summed E-state index contributed by atoms with van der Waals surface area (Å²) in [6.07, 6.45) is -0.444. The summed E-state index contributed by atoms with van der Waals surface area (Å²) in [6.45, 7) is 7.99. The van der Waals surface area contributed by atoms with Crippen LogP contribution in [0.15, 0.2) is 47.4 Å². The molecule has 28 heavy (non-hydrogen) atoms. The molecule has 148 valence electrons. The van der Waals surface area contributed by atoms with Gasteiger partial charge in [0.25, 0.3) is 0 Å². The molecule has 1 atom stereocenters. The van der Waals surface area contributed by atoms with E-state index in [1.807, 2.05) is 45.9 Å². The van der Waals surface area contributed by atoms with Crippen molar-refractivity contribution in [3.8, 4) is 0 Å². The van der Waals surface area contributed by atoms with E-state index in [2.05, 4.69) is 10.6 Å². The molecule has 1 aliphatic rings. The van der Waals surface area contributed by atoms with E-state index in [0.717, 1.165) is 11.1 Å². The van der Waals surface area contributed by atoms with Crippen molar-refractivity contribution in [2.24, 2.45) is 0 Å². The van der Waals surface area contributed by atoms with E-state index in [1.54, 1.807) is 12.1 Å². The number of fused-ring (bicyclic) bond motifs is 1. The van der Waals surface area contributed by atoms with E-state index in [-0.39, 0.29) is 16.0 Å². The quantitative estimate of drug-likeness (QED) is 0.826. The van der Waals surface area contributed by atoms with Crippen LogP contribution >= 0.6 is 0 Å². The Balaban J connectivity index is 1.88. The monoisotopic (exact) mass is 400 g/mol. The van der Waals surface area contributed by atoms with Gasteiger partial charge in [-0.3, -0.25) is 9.59 Å². The average molecular weight is 401 g/mol. The van der Waals surface area contributed by atoms with Crippen LogP contribution in [0.25, 0.3) is 0 Å². The number of carbonyl (C=O) groups is 2.